The number of rotatable bonds is 11. The minimum absolute atomic E-state index is 0.205. The number of benzene rings is 2. The van der Waals surface area contributed by atoms with Crippen molar-refractivity contribution in [3.05, 3.63) is 67.2 Å². The molecule has 1 aromatic heterocycles. The number of nitrogens with one attached hydrogen (secondary N) is 1. The number of methoxy groups -OCH3 is 1. The Labute approximate surface area is 250 Å². The second-order valence-electron chi connectivity index (χ2n) is 8.71. The van der Waals surface area contributed by atoms with Crippen molar-refractivity contribution in [2.24, 2.45) is 0 Å². The first kappa shape index (κ1) is 29.6. The van der Waals surface area contributed by atoms with Crippen LogP contribution in [0.25, 0.3) is 0 Å². The molecule has 0 fully saturated rings. The van der Waals surface area contributed by atoms with Crippen molar-refractivity contribution in [3.63, 3.8) is 0 Å². The number of carbonyl (C=O) groups excluding carboxylic acids is 1. The topological polar surface area (TPSA) is 87.5 Å². The lowest BCUT2D eigenvalue weighted by Crippen LogP contribution is -2.29. The molecule has 0 aliphatic carbocycles. The van der Waals surface area contributed by atoms with Gasteiger partial charge in [-0.3, -0.25) is 0 Å². The molecule has 0 spiro atoms. The van der Waals surface area contributed by atoms with E-state index in [1.807, 2.05) is 25.1 Å². The van der Waals surface area contributed by atoms with Crippen LogP contribution in [0.2, 0.25) is 10.0 Å². The fraction of sp³-hybridized carbons (Fsp3) is 0.370. The van der Waals surface area contributed by atoms with E-state index >= 15 is 0 Å². The highest BCUT2D eigenvalue weighted by atomic mass is 79.9. The van der Waals surface area contributed by atoms with Crippen molar-refractivity contribution in [1.29, 1.82) is 0 Å². The van der Waals surface area contributed by atoms with E-state index < -0.39 is 12.0 Å². The number of halogens is 3. The van der Waals surface area contributed by atoms with Crippen molar-refractivity contribution in [1.82, 2.24) is 14.8 Å². The van der Waals surface area contributed by atoms with Gasteiger partial charge in [-0.25, -0.2) is 9.48 Å². The molecule has 1 unspecified atom stereocenters. The lowest BCUT2D eigenvalue weighted by Gasteiger charge is -2.28. The Hall–Kier alpha value is -2.40. The van der Waals surface area contributed by atoms with Crippen molar-refractivity contribution >= 4 is 62.8 Å². The quantitative estimate of drug-likeness (QED) is 0.128. The van der Waals surface area contributed by atoms with Gasteiger partial charge in [0.2, 0.25) is 11.1 Å². The van der Waals surface area contributed by atoms with E-state index in [0.717, 1.165) is 29.7 Å². The fourth-order valence-corrected chi connectivity index (χ4v) is 6.06. The summed E-state index contributed by atoms with van der Waals surface area (Å²) in [7, 11) is 1.56. The molecule has 0 saturated heterocycles. The molecule has 39 heavy (non-hydrogen) atoms. The van der Waals surface area contributed by atoms with Gasteiger partial charge in [-0.1, -0.05) is 54.4 Å². The van der Waals surface area contributed by atoms with Crippen LogP contribution in [0.3, 0.4) is 0 Å². The number of ether oxygens (including phenoxy) is 3. The van der Waals surface area contributed by atoms with Crippen molar-refractivity contribution in [2.75, 3.05) is 24.8 Å². The normalized spacial score (nSPS) is 14.6. The van der Waals surface area contributed by atoms with Crippen molar-refractivity contribution < 1.29 is 19.0 Å². The largest absolute Gasteiger partial charge is 0.493 e. The standard InChI is InChI=1S/C27H29BrCl2N4O4S/c1-5-7-10-39-27-32-26-31-15(3)22(25(35)37-6-2)23(34(26)33-27)17-11-19(28)24(21(12-17)36-4)38-14-16-8-9-18(29)13-20(16)30/h8-9,11-13,23H,5-7,10,14H2,1-4H3,(H,31,32,33). The van der Waals surface area contributed by atoms with Crippen molar-refractivity contribution in [2.45, 2.75) is 51.4 Å². The summed E-state index contributed by atoms with van der Waals surface area (Å²) in [5, 5.41) is 9.68. The molecule has 0 saturated carbocycles. The summed E-state index contributed by atoms with van der Waals surface area (Å²) in [6, 6.07) is 8.37. The predicted molar refractivity (Wildman–Crippen MR) is 158 cm³/mol. The van der Waals surface area contributed by atoms with Crippen LogP contribution in [0.4, 0.5) is 5.95 Å². The third-order valence-electron chi connectivity index (χ3n) is 6.01. The van der Waals surface area contributed by atoms with Gasteiger partial charge in [0.1, 0.15) is 12.6 Å². The molecule has 4 rings (SSSR count). The number of esters is 1. The highest BCUT2D eigenvalue weighted by Gasteiger charge is 2.36. The van der Waals surface area contributed by atoms with Gasteiger partial charge in [-0.05, 0) is 66.0 Å². The third kappa shape index (κ3) is 6.67. The Morgan fingerprint density at radius 3 is 2.72 bits per heavy atom. The molecular formula is C27H29BrCl2N4O4S. The maximum atomic E-state index is 13.2. The number of unbranched alkanes of at least 4 members (excludes halogenated alkanes) is 1. The summed E-state index contributed by atoms with van der Waals surface area (Å²) in [6.07, 6.45) is 2.14. The summed E-state index contributed by atoms with van der Waals surface area (Å²) in [6.45, 7) is 6.21. The number of nitrogens with zero attached hydrogens (tertiary/aromatic N) is 3. The van der Waals surface area contributed by atoms with Crippen LogP contribution in [0.15, 0.2) is 51.2 Å². The predicted octanol–water partition coefficient (Wildman–Crippen LogP) is 7.68. The molecule has 0 amide bonds. The smallest absolute Gasteiger partial charge is 0.338 e. The van der Waals surface area contributed by atoms with Crippen LogP contribution in [0.5, 0.6) is 11.5 Å². The van der Waals surface area contributed by atoms with Gasteiger partial charge in [-0.2, -0.15) is 4.98 Å². The summed E-state index contributed by atoms with van der Waals surface area (Å²) >= 11 is 17.6. The van der Waals surface area contributed by atoms with Crippen LogP contribution in [-0.4, -0.2) is 40.2 Å². The molecule has 2 heterocycles. The second-order valence-corrected chi connectivity index (χ2v) is 11.5. The first-order valence-electron chi connectivity index (χ1n) is 12.5. The summed E-state index contributed by atoms with van der Waals surface area (Å²) in [5.41, 5.74) is 2.61. The molecule has 2 aromatic carbocycles. The molecule has 1 N–H and O–H groups in total. The summed E-state index contributed by atoms with van der Waals surface area (Å²) in [4.78, 5) is 17.8. The summed E-state index contributed by atoms with van der Waals surface area (Å²) < 4.78 is 19.6. The molecule has 1 aliphatic rings. The Balaban J connectivity index is 1.74. The zero-order valence-electron chi connectivity index (χ0n) is 22.0. The van der Waals surface area contributed by atoms with Gasteiger partial charge in [0.25, 0.3) is 0 Å². The van der Waals surface area contributed by atoms with E-state index in [4.69, 9.17) is 42.5 Å². The number of anilines is 1. The number of carbonyl (C=O) groups is 1. The average molecular weight is 656 g/mol. The van der Waals surface area contributed by atoms with Gasteiger partial charge in [0.05, 0.1) is 23.8 Å². The molecule has 1 atom stereocenters. The number of hydrogen-bond donors (Lipinski definition) is 1. The molecule has 3 aromatic rings. The van der Waals surface area contributed by atoms with Crippen LogP contribution in [0.1, 0.15) is 50.8 Å². The summed E-state index contributed by atoms with van der Waals surface area (Å²) in [5.74, 6) is 2.00. The maximum Gasteiger partial charge on any atom is 0.338 e. The Kier molecular flexibility index (Phi) is 10.1. The van der Waals surface area contributed by atoms with Crippen LogP contribution in [0, 0.1) is 0 Å². The monoisotopic (exact) mass is 654 g/mol. The van der Waals surface area contributed by atoms with E-state index in [1.165, 1.54) is 0 Å². The zero-order valence-corrected chi connectivity index (χ0v) is 25.9. The Morgan fingerprint density at radius 1 is 1.23 bits per heavy atom. The minimum atomic E-state index is -0.599. The van der Waals surface area contributed by atoms with Gasteiger partial charge in [0.15, 0.2) is 11.5 Å². The van der Waals surface area contributed by atoms with Crippen molar-refractivity contribution in [3.8, 4) is 11.5 Å². The van der Waals surface area contributed by atoms with E-state index in [0.29, 0.717) is 48.4 Å². The highest BCUT2D eigenvalue weighted by molar-refractivity contribution is 9.10. The maximum absolute atomic E-state index is 13.2. The first-order chi connectivity index (χ1) is 18.8. The van der Waals surface area contributed by atoms with Crippen LogP contribution < -0.4 is 14.8 Å². The molecule has 1 aliphatic heterocycles. The average Bonchev–Trinajstić information content (AvgIpc) is 3.30. The van der Waals surface area contributed by atoms with Gasteiger partial charge in [0, 0.05) is 27.1 Å². The number of allylic oxidation sites excluding steroid dienone is 1. The van der Waals surface area contributed by atoms with E-state index in [9.17, 15) is 4.79 Å². The Morgan fingerprint density at radius 2 is 2.03 bits per heavy atom. The van der Waals surface area contributed by atoms with Crippen LogP contribution >= 0.6 is 50.9 Å². The molecule has 208 valence electrons. The molecule has 8 nitrogen and oxygen atoms in total. The molecule has 12 heteroatoms. The fourth-order valence-electron chi connectivity index (χ4n) is 4.11. The van der Waals surface area contributed by atoms with Gasteiger partial charge in [-0.15, -0.1) is 5.10 Å². The molecule has 0 bridgehead atoms. The van der Waals surface area contributed by atoms with E-state index in [-0.39, 0.29) is 13.2 Å². The molecular weight excluding hydrogens is 627 g/mol. The molecule has 0 radical (unpaired) electrons. The van der Waals surface area contributed by atoms with E-state index in [2.05, 4.69) is 33.2 Å². The number of thioether (sulfide) groups is 1. The van der Waals surface area contributed by atoms with Gasteiger partial charge < -0.3 is 19.5 Å². The second kappa shape index (κ2) is 13.3. The Bertz CT molecular complexity index is 1400. The van der Waals surface area contributed by atoms with E-state index in [1.54, 1.807) is 42.6 Å². The first-order valence-corrected chi connectivity index (χ1v) is 15.0. The van der Waals surface area contributed by atoms with Gasteiger partial charge >= 0.3 is 5.97 Å². The number of fused-ring (bicyclic) bond motifs is 1. The number of aromatic nitrogens is 3. The van der Waals surface area contributed by atoms with Crippen LogP contribution in [-0.2, 0) is 16.1 Å². The highest BCUT2D eigenvalue weighted by Crippen LogP contribution is 2.43. The lowest BCUT2D eigenvalue weighted by atomic mass is 9.95. The lowest BCUT2D eigenvalue weighted by molar-refractivity contribution is -0.139. The zero-order chi connectivity index (χ0) is 28.1. The SMILES string of the molecule is CCCCSc1nc2n(n1)C(c1cc(Br)c(OCc3ccc(Cl)cc3Cl)c(OC)c1)C(C(=O)OCC)=C(C)N2. The third-order valence-corrected chi connectivity index (χ3v) is 8.11. The minimum Gasteiger partial charge on any atom is -0.493 e. The number of hydrogen-bond acceptors (Lipinski definition) is 8.